The first kappa shape index (κ1) is 16.7. The standard InChI is InChI=1S/C19H20N2O5/c1-24-15-7-8-17(25-2)18-12(15)9-20(10-14(18)22)11-21-13-5-3-4-6-16(13)26-19(21)23/h3-8,14,22H,9-11H2,1-2H3. The van der Waals surface area contributed by atoms with E-state index in [1.54, 1.807) is 30.9 Å². The zero-order valence-electron chi connectivity index (χ0n) is 14.6. The molecule has 0 bridgehead atoms. The summed E-state index contributed by atoms with van der Waals surface area (Å²) in [7, 11) is 3.18. The average molecular weight is 356 g/mol. The number of methoxy groups -OCH3 is 2. The monoisotopic (exact) mass is 356 g/mol. The van der Waals surface area contributed by atoms with Crippen molar-refractivity contribution in [3.63, 3.8) is 0 Å². The lowest BCUT2D eigenvalue weighted by Crippen LogP contribution is -2.37. The van der Waals surface area contributed by atoms with Crippen molar-refractivity contribution in [2.75, 3.05) is 20.8 Å². The molecule has 1 atom stereocenters. The van der Waals surface area contributed by atoms with Crippen LogP contribution in [0.4, 0.5) is 0 Å². The molecule has 1 unspecified atom stereocenters. The molecule has 0 fully saturated rings. The Morgan fingerprint density at radius 1 is 1.15 bits per heavy atom. The Hall–Kier alpha value is -2.77. The largest absolute Gasteiger partial charge is 0.496 e. The number of para-hydroxylation sites is 2. The lowest BCUT2D eigenvalue weighted by atomic mass is 9.95. The van der Waals surface area contributed by atoms with Crippen LogP contribution in [0.1, 0.15) is 17.2 Å². The number of hydrogen-bond donors (Lipinski definition) is 1. The van der Waals surface area contributed by atoms with Crippen molar-refractivity contribution in [3.8, 4) is 11.5 Å². The van der Waals surface area contributed by atoms with E-state index in [1.807, 2.05) is 29.2 Å². The highest BCUT2D eigenvalue weighted by atomic mass is 16.5. The van der Waals surface area contributed by atoms with Crippen LogP contribution < -0.4 is 15.2 Å². The second kappa shape index (κ2) is 6.51. The van der Waals surface area contributed by atoms with Gasteiger partial charge in [-0.25, -0.2) is 4.79 Å². The predicted octanol–water partition coefficient (Wildman–Crippen LogP) is 2.12. The molecule has 136 valence electrons. The van der Waals surface area contributed by atoms with Gasteiger partial charge in [0.1, 0.15) is 11.5 Å². The fourth-order valence-electron chi connectivity index (χ4n) is 3.60. The number of aromatic nitrogens is 1. The summed E-state index contributed by atoms with van der Waals surface area (Å²) in [5, 5.41) is 10.7. The molecule has 0 saturated carbocycles. The number of aliphatic hydroxyl groups excluding tert-OH is 1. The Balaban J connectivity index is 1.71. The van der Waals surface area contributed by atoms with Crippen LogP contribution in [0.5, 0.6) is 11.5 Å². The van der Waals surface area contributed by atoms with Gasteiger partial charge >= 0.3 is 5.76 Å². The molecular weight excluding hydrogens is 336 g/mol. The van der Waals surface area contributed by atoms with E-state index in [4.69, 9.17) is 13.9 Å². The topological polar surface area (TPSA) is 77.1 Å². The van der Waals surface area contributed by atoms with Crippen molar-refractivity contribution >= 4 is 11.1 Å². The number of rotatable bonds is 4. The zero-order chi connectivity index (χ0) is 18.3. The Morgan fingerprint density at radius 3 is 2.65 bits per heavy atom. The summed E-state index contributed by atoms with van der Waals surface area (Å²) in [5.74, 6) is 0.914. The van der Waals surface area contributed by atoms with Gasteiger partial charge in [-0.15, -0.1) is 0 Å². The van der Waals surface area contributed by atoms with Gasteiger partial charge in [0, 0.05) is 24.2 Å². The quantitative estimate of drug-likeness (QED) is 0.772. The minimum absolute atomic E-state index is 0.312. The highest BCUT2D eigenvalue weighted by molar-refractivity contribution is 5.72. The number of aliphatic hydroxyl groups is 1. The number of ether oxygens (including phenoxy) is 2. The Bertz CT molecular complexity index is 1010. The fourth-order valence-corrected chi connectivity index (χ4v) is 3.60. The molecule has 1 aliphatic heterocycles. The van der Waals surface area contributed by atoms with E-state index in [0.717, 1.165) is 16.6 Å². The minimum atomic E-state index is -0.738. The van der Waals surface area contributed by atoms with Crippen LogP contribution in [0.3, 0.4) is 0 Å². The van der Waals surface area contributed by atoms with Crippen LogP contribution in [-0.2, 0) is 13.2 Å². The summed E-state index contributed by atoms with van der Waals surface area (Å²) in [5.41, 5.74) is 2.89. The summed E-state index contributed by atoms with van der Waals surface area (Å²) in [6, 6.07) is 10.9. The molecule has 7 heteroatoms. The van der Waals surface area contributed by atoms with Crippen molar-refractivity contribution in [3.05, 3.63) is 58.1 Å². The number of nitrogens with zero attached hydrogens (tertiary/aromatic N) is 2. The van der Waals surface area contributed by atoms with Crippen molar-refractivity contribution in [1.82, 2.24) is 9.47 Å². The van der Waals surface area contributed by atoms with Crippen molar-refractivity contribution < 1.29 is 19.0 Å². The lowest BCUT2D eigenvalue weighted by Gasteiger charge is -2.33. The summed E-state index contributed by atoms with van der Waals surface area (Å²) >= 11 is 0. The summed E-state index contributed by atoms with van der Waals surface area (Å²) < 4.78 is 17.7. The highest BCUT2D eigenvalue weighted by Gasteiger charge is 2.30. The van der Waals surface area contributed by atoms with Crippen LogP contribution >= 0.6 is 0 Å². The van der Waals surface area contributed by atoms with E-state index >= 15 is 0 Å². The first-order valence-electron chi connectivity index (χ1n) is 8.35. The molecule has 0 spiro atoms. The van der Waals surface area contributed by atoms with Gasteiger partial charge in [-0.3, -0.25) is 9.47 Å². The molecule has 0 saturated heterocycles. The van der Waals surface area contributed by atoms with E-state index in [-0.39, 0.29) is 0 Å². The first-order chi connectivity index (χ1) is 12.6. The normalized spacial score (nSPS) is 17.3. The molecule has 7 nitrogen and oxygen atoms in total. The van der Waals surface area contributed by atoms with Crippen LogP contribution in [-0.4, -0.2) is 35.3 Å². The van der Waals surface area contributed by atoms with Gasteiger partial charge in [-0.2, -0.15) is 0 Å². The van der Waals surface area contributed by atoms with Gasteiger partial charge in [0.2, 0.25) is 0 Å². The minimum Gasteiger partial charge on any atom is -0.496 e. The van der Waals surface area contributed by atoms with Gasteiger partial charge in [-0.05, 0) is 24.3 Å². The molecule has 26 heavy (non-hydrogen) atoms. The molecule has 1 aliphatic rings. The van der Waals surface area contributed by atoms with Gasteiger partial charge in [0.15, 0.2) is 5.58 Å². The summed E-state index contributed by atoms with van der Waals surface area (Å²) in [6.07, 6.45) is -0.738. The molecular formula is C19H20N2O5. The van der Waals surface area contributed by atoms with E-state index in [0.29, 0.717) is 36.8 Å². The first-order valence-corrected chi connectivity index (χ1v) is 8.35. The van der Waals surface area contributed by atoms with Gasteiger partial charge in [-0.1, -0.05) is 12.1 Å². The van der Waals surface area contributed by atoms with Crippen molar-refractivity contribution in [2.24, 2.45) is 0 Å². The SMILES string of the molecule is COc1ccc(OC)c2c1CN(Cn1c(=O)oc3ccccc31)CC2O. The predicted molar refractivity (Wildman–Crippen MR) is 95.4 cm³/mol. The number of oxazole rings is 1. The number of β-amino-alcohol motifs (C(OH)–C–C–N with tert-alkyl or cyclic N) is 1. The highest BCUT2D eigenvalue weighted by Crippen LogP contribution is 2.39. The van der Waals surface area contributed by atoms with Crippen LogP contribution in [0.25, 0.3) is 11.1 Å². The molecule has 0 radical (unpaired) electrons. The fraction of sp³-hybridized carbons (Fsp3) is 0.316. The van der Waals surface area contributed by atoms with Crippen LogP contribution in [0, 0.1) is 0 Å². The molecule has 2 aromatic carbocycles. The lowest BCUT2D eigenvalue weighted by molar-refractivity contribution is 0.0697. The maximum atomic E-state index is 12.2. The smallest absolute Gasteiger partial charge is 0.421 e. The van der Waals surface area contributed by atoms with Crippen molar-refractivity contribution in [1.29, 1.82) is 0 Å². The molecule has 1 aromatic heterocycles. The number of benzene rings is 2. The zero-order valence-corrected chi connectivity index (χ0v) is 14.6. The van der Waals surface area contributed by atoms with Gasteiger partial charge in [0.25, 0.3) is 0 Å². The molecule has 0 aliphatic carbocycles. The summed E-state index contributed by atoms with van der Waals surface area (Å²) in [6.45, 7) is 1.22. The maximum Gasteiger partial charge on any atom is 0.421 e. The number of hydrogen-bond acceptors (Lipinski definition) is 6. The Labute approximate surface area is 150 Å². The van der Waals surface area contributed by atoms with Crippen LogP contribution in [0.2, 0.25) is 0 Å². The van der Waals surface area contributed by atoms with Gasteiger partial charge in [0.05, 0.1) is 32.5 Å². The van der Waals surface area contributed by atoms with E-state index < -0.39 is 11.9 Å². The second-order valence-corrected chi connectivity index (χ2v) is 6.29. The van der Waals surface area contributed by atoms with E-state index in [1.165, 1.54) is 0 Å². The van der Waals surface area contributed by atoms with Crippen LogP contribution in [0.15, 0.2) is 45.6 Å². The third-order valence-electron chi connectivity index (χ3n) is 4.78. The van der Waals surface area contributed by atoms with E-state index in [9.17, 15) is 9.90 Å². The van der Waals surface area contributed by atoms with E-state index in [2.05, 4.69) is 0 Å². The third kappa shape index (κ3) is 2.65. The maximum absolute atomic E-state index is 12.2. The Morgan fingerprint density at radius 2 is 1.88 bits per heavy atom. The molecule has 0 amide bonds. The molecule has 4 rings (SSSR count). The second-order valence-electron chi connectivity index (χ2n) is 6.29. The van der Waals surface area contributed by atoms with Gasteiger partial charge < -0.3 is 19.0 Å². The van der Waals surface area contributed by atoms with Crippen molar-refractivity contribution in [2.45, 2.75) is 19.3 Å². The summed E-state index contributed by atoms with van der Waals surface area (Å²) in [4.78, 5) is 14.2. The molecule has 1 N–H and O–H groups in total. The molecule has 2 heterocycles. The molecule has 3 aromatic rings. The Kier molecular flexibility index (Phi) is 4.18. The third-order valence-corrected chi connectivity index (χ3v) is 4.78. The average Bonchev–Trinajstić information content (AvgIpc) is 2.96. The number of fused-ring (bicyclic) bond motifs is 2.